The Balaban J connectivity index is 2.09. The molecule has 0 atom stereocenters. The van der Waals surface area contributed by atoms with Crippen LogP contribution in [0.25, 0.3) is 0 Å². The average Bonchev–Trinajstić information content (AvgIpc) is 2.74. The Labute approximate surface area is 181 Å². The van der Waals surface area contributed by atoms with Crippen molar-refractivity contribution in [1.29, 1.82) is 0 Å². The standard InChI is InChI=1S/C27H30O2P/c1-22(20-21-26(28)29-27(2,3)4)30(23-14-8-5-9-15-23,24-16-10-6-11-17-24)25-18-12-7-13-19-25/h5-19H,1,20-21H2,2-4H3/q+1. The normalized spacial score (nSPS) is 11.7. The van der Waals surface area contributed by atoms with Crippen LogP contribution in [-0.4, -0.2) is 11.6 Å². The zero-order chi connectivity index (χ0) is 21.6. The van der Waals surface area contributed by atoms with Crippen LogP contribution >= 0.6 is 7.26 Å². The molecule has 30 heavy (non-hydrogen) atoms. The molecule has 0 bridgehead atoms. The van der Waals surface area contributed by atoms with E-state index in [1.807, 2.05) is 39.0 Å². The number of carbonyl (C=O) groups excluding carboxylic acids is 1. The smallest absolute Gasteiger partial charge is 0.306 e. The van der Waals surface area contributed by atoms with E-state index in [0.29, 0.717) is 12.8 Å². The second-order valence-electron chi connectivity index (χ2n) is 8.33. The number of ether oxygens (including phenoxy) is 1. The van der Waals surface area contributed by atoms with E-state index in [2.05, 4.69) is 79.4 Å². The van der Waals surface area contributed by atoms with Crippen LogP contribution in [0.2, 0.25) is 0 Å². The number of allylic oxidation sites excluding steroid dienone is 1. The summed E-state index contributed by atoms with van der Waals surface area (Å²) in [6.07, 6.45) is 0.908. The maximum absolute atomic E-state index is 12.4. The van der Waals surface area contributed by atoms with Crippen molar-refractivity contribution in [3.8, 4) is 0 Å². The van der Waals surface area contributed by atoms with E-state index in [0.717, 1.165) is 5.31 Å². The van der Waals surface area contributed by atoms with Gasteiger partial charge in [0.25, 0.3) is 0 Å². The molecule has 0 spiro atoms. The largest absolute Gasteiger partial charge is 0.460 e. The van der Waals surface area contributed by atoms with Crippen molar-refractivity contribution < 1.29 is 9.53 Å². The summed E-state index contributed by atoms with van der Waals surface area (Å²) in [7, 11) is -2.15. The third-order valence-electron chi connectivity index (χ3n) is 4.94. The van der Waals surface area contributed by atoms with Crippen molar-refractivity contribution >= 4 is 29.1 Å². The van der Waals surface area contributed by atoms with Gasteiger partial charge in [0.1, 0.15) is 28.8 Å². The third-order valence-corrected chi connectivity index (χ3v) is 9.33. The van der Waals surface area contributed by atoms with E-state index in [-0.39, 0.29) is 5.97 Å². The van der Waals surface area contributed by atoms with Crippen LogP contribution in [0, 0.1) is 0 Å². The van der Waals surface area contributed by atoms with E-state index in [1.165, 1.54) is 15.9 Å². The number of rotatable bonds is 7. The van der Waals surface area contributed by atoms with Crippen molar-refractivity contribution in [3.05, 3.63) is 103 Å². The topological polar surface area (TPSA) is 26.3 Å². The van der Waals surface area contributed by atoms with Gasteiger partial charge < -0.3 is 4.74 Å². The predicted octanol–water partition coefficient (Wildman–Crippen LogP) is 5.62. The van der Waals surface area contributed by atoms with Gasteiger partial charge in [-0.15, -0.1) is 0 Å². The Bertz CT molecular complexity index is 877. The molecule has 2 nitrogen and oxygen atoms in total. The number of benzene rings is 3. The molecule has 0 aliphatic heterocycles. The van der Waals surface area contributed by atoms with Gasteiger partial charge in [0.15, 0.2) is 0 Å². The summed E-state index contributed by atoms with van der Waals surface area (Å²) >= 11 is 0. The lowest BCUT2D eigenvalue weighted by Gasteiger charge is -2.29. The Kier molecular flexibility index (Phi) is 6.90. The minimum absolute atomic E-state index is 0.184. The number of esters is 1. The van der Waals surface area contributed by atoms with Crippen LogP contribution in [-0.2, 0) is 9.53 Å². The van der Waals surface area contributed by atoms with Gasteiger partial charge in [-0.1, -0.05) is 61.2 Å². The molecule has 0 radical (unpaired) electrons. The molecule has 3 heteroatoms. The lowest BCUT2D eigenvalue weighted by atomic mass is 10.2. The van der Waals surface area contributed by atoms with Crippen LogP contribution in [0.1, 0.15) is 33.6 Å². The Hall–Kier alpha value is -2.70. The van der Waals surface area contributed by atoms with Gasteiger partial charge in [-0.05, 0) is 57.2 Å². The number of carbonyl (C=O) groups is 1. The summed E-state index contributed by atoms with van der Waals surface area (Å²) < 4.78 is 5.55. The Morgan fingerprint density at radius 1 is 0.733 bits per heavy atom. The van der Waals surface area contributed by atoms with Crippen molar-refractivity contribution in [2.75, 3.05) is 0 Å². The average molecular weight is 418 g/mol. The highest BCUT2D eigenvalue weighted by molar-refractivity contribution is 7.99. The fourth-order valence-electron chi connectivity index (χ4n) is 3.76. The van der Waals surface area contributed by atoms with E-state index < -0.39 is 12.9 Å². The fraction of sp³-hybridized carbons (Fsp3) is 0.222. The van der Waals surface area contributed by atoms with Crippen LogP contribution in [0.3, 0.4) is 0 Å². The van der Waals surface area contributed by atoms with E-state index in [4.69, 9.17) is 4.74 Å². The third kappa shape index (κ3) is 4.89. The molecule has 0 saturated heterocycles. The highest BCUT2D eigenvalue weighted by Gasteiger charge is 2.48. The van der Waals surface area contributed by atoms with Crippen LogP contribution in [0.4, 0.5) is 0 Å². The van der Waals surface area contributed by atoms with Crippen molar-refractivity contribution in [2.45, 2.75) is 39.2 Å². The minimum atomic E-state index is -2.15. The molecular weight excluding hydrogens is 387 g/mol. The molecule has 0 heterocycles. The van der Waals surface area contributed by atoms with Gasteiger partial charge in [0.05, 0.1) is 11.7 Å². The molecule has 0 fully saturated rings. The van der Waals surface area contributed by atoms with Crippen LogP contribution in [0.15, 0.2) is 103 Å². The second-order valence-corrected chi connectivity index (χ2v) is 11.9. The van der Waals surface area contributed by atoms with Crippen LogP contribution in [0.5, 0.6) is 0 Å². The fourth-order valence-corrected chi connectivity index (χ4v) is 8.05. The molecule has 0 aliphatic rings. The molecule has 0 aromatic heterocycles. The molecule has 3 aromatic carbocycles. The van der Waals surface area contributed by atoms with E-state index in [1.54, 1.807) is 0 Å². The second kappa shape index (κ2) is 9.41. The van der Waals surface area contributed by atoms with Gasteiger partial charge >= 0.3 is 5.97 Å². The molecular formula is C27H30O2P+. The van der Waals surface area contributed by atoms with E-state index in [9.17, 15) is 4.79 Å². The molecule has 3 rings (SSSR count). The summed E-state index contributed by atoms with van der Waals surface area (Å²) in [5.41, 5.74) is -0.483. The minimum Gasteiger partial charge on any atom is -0.460 e. The van der Waals surface area contributed by atoms with Crippen molar-refractivity contribution in [1.82, 2.24) is 0 Å². The summed E-state index contributed by atoms with van der Waals surface area (Å²) in [5, 5.41) is 4.82. The first kappa shape index (κ1) is 22.0. The number of hydrogen-bond acceptors (Lipinski definition) is 2. The van der Waals surface area contributed by atoms with Gasteiger partial charge in [0, 0.05) is 6.42 Å². The van der Waals surface area contributed by atoms with Gasteiger partial charge in [-0.2, -0.15) is 0 Å². The van der Waals surface area contributed by atoms with Crippen LogP contribution < -0.4 is 15.9 Å². The highest BCUT2D eigenvalue weighted by atomic mass is 31.2. The molecule has 0 amide bonds. The van der Waals surface area contributed by atoms with Crippen molar-refractivity contribution in [2.24, 2.45) is 0 Å². The quantitative estimate of drug-likeness (QED) is 0.369. The highest BCUT2D eigenvalue weighted by Crippen LogP contribution is 2.63. The van der Waals surface area contributed by atoms with E-state index >= 15 is 0 Å². The zero-order valence-electron chi connectivity index (χ0n) is 18.0. The summed E-state index contributed by atoms with van der Waals surface area (Å²) in [6, 6.07) is 31.7. The predicted molar refractivity (Wildman–Crippen MR) is 129 cm³/mol. The Morgan fingerprint density at radius 2 is 1.10 bits per heavy atom. The molecule has 3 aromatic rings. The summed E-state index contributed by atoms with van der Waals surface area (Å²) in [6.45, 7) is 10.3. The SMILES string of the molecule is C=C(CCC(=O)OC(C)(C)C)[P+](c1ccccc1)(c1ccccc1)c1ccccc1. The maximum atomic E-state index is 12.4. The molecule has 154 valence electrons. The van der Waals surface area contributed by atoms with Crippen molar-refractivity contribution in [3.63, 3.8) is 0 Å². The first-order valence-corrected chi connectivity index (χ1v) is 12.1. The molecule has 0 N–H and O–H groups in total. The summed E-state index contributed by atoms with van der Waals surface area (Å²) in [4.78, 5) is 12.4. The number of hydrogen-bond donors (Lipinski definition) is 0. The monoisotopic (exact) mass is 417 g/mol. The first-order valence-electron chi connectivity index (χ1n) is 10.3. The lowest BCUT2D eigenvalue weighted by molar-refractivity contribution is -0.154. The molecule has 0 aliphatic carbocycles. The van der Waals surface area contributed by atoms with Gasteiger partial charge in [-0.3, -0.25) is 4.79 Å². The zero-order valence-corrected chi connectivity index (χ0v) is 18.9. The van der Waals surface area contributed by atoms with Gasteiger partial charge in [0.2, 0.25) is 0 Å². The lowest BCUT2D eigenvalue weighted by Crippen LogP contribution is -2.32. The summed E-state index contributed by atoms with van der Waals surface area (Å²) in [5.74, 6) is -0.184. The maximum Gasteiger partial charge on any atom is 0.306 e. The first-order chi connectivity index (χ1) is 14.3. The molecule has 0 unspecified atom stereocenters. The molecule has 0 saturated carbocycles. The van der Waals surface area contributed by atoms with Gasteiger partial charge in [-0.25, -0.2) is 0 Å². The Morgan fingerprint density at radius 3 is 1.43 bits per heavy atom.